The highest BCUT2D eigenvalue weighted by Gasteiger charge is 2.13. The Balaban J connectivity index is 0.00000324. The first-order chi connectivity index (χ1) is 8.63. The highest BCUT2D eigenvalue weighted by molar-refractivity contribution is 5.85. The number of carbonyl (C=O) groups is 1. The van der Waals surface area contributed by atoms with Crippen LogP contribution >= 0.6 is 12.4 Å². The Morgan fingerprint density at radius 3 is 2.74 bits per heavy atom. The van der Waals surface area contributed by atoms with Crippen molar-refractivity contribution in [2.45, 2.75) is 26.4 Å². The topological polar surface area (TPSA) is 50.4 Å². The van der Waals surface area contributed by atoms with Crippen molar-refractivity contribution in [3.05, 3.63) is 29.8 Å². The van der Waals surface area contributed by atoms with E-state index < -0.39 is 6.10 Å². The Morgan fingerprint density at radius 1 is 1.37 bits per heavy atom. The normalized spacial score (nSPS) is 11.3. The minimum Gasteiger partial charge on any atom is -0.481 e. The third-order valence-electron chi connectivity index (χ3n) is 2.57. The predicted octanol–water partition coefficient (Wildman–Crippen LogP) is 1.91. The zero-order chi connectivity index (χ0) is 13.4. The quantitative estimate of drug-likeness (QED) is 0.753. The number of aryl methyl sites for hydroxylation is 1. The Hall–Kier alpha value is -1.26. The minimum absolute atomic E-state index is 0. The number of benzene rings is 1. The van der Waals surface area contributed by atoms with Gasteiger partial charge in [0.05, 0.1) is 0 Å². The van der Waals surface area contributed by atoms with E-state index in [4.69, 9.17) is 4.74 Å². The first-order valence-corrected chi connectivity index (χ1v) is 6.29. The van der Waals surface area contributed by atoms with Crippen LogP contribution in [0.5, 0.6) is 5.75 Å². The van der Waals surface area contributed by atoms with Gasteiger partial charge in [-0.05, 0) is 51.6 Å². The second kappa shape index (κ2) is 9.64. The predicted molar refractivity (Wildman–Crippen MR) is 80.1 cm³/mol. The number of carbonyl (C=O) groups excluding carboxylic acids is 1. The molecule has 0 heterocycles. The standard InChI is InChI=1S/C14H22N2O2.ClH/c1-11-6-4-7-13(10-11)18-12(2)14(17)16-9-5-8-15-3;/h4,6-7,10,12,15H,5,8-9H2,1-3H3,(H,16,17);1H. The number of hydrogen-bond donors (Lipinski definition) is 2. The molecule has 1 aromatic rings. The van der Waals surface area contributed by atoms with Gasteiger partial charge in [0.25, 0.3) is 5.91 Å². The van der Waals surface area contributed by atoms with Crippen molar-refractivity contribution in [1.82, 2.24) is 10.6 Å². The number of ether oxygens (including phenoxy) is 1. The van der Waals surface area contributed by atoms with Crippen molar-refractivity contribution >= 4 is 18.3 Å². The van der Waals surface area contributed by atoms with Gasteiger partial charge in [0.15, 0.2) is 6.10 Å². The summed E-state index contributed by atoms with van der Waals surface area (Å²) in [4.78, 5) is 11.7. The maximum absolute atomic E-state index is 11.7. The van der Waals surface area contributed by atoms with Crippen molar-refractivity contribution in [3.8, 4) is 5.75 Å². The molecule has 1 aromatic carbocycles. The molecular weight excluding hydrogens is 264 g/mol. The average Bonchev–Trinajstić information content (AvgIpc) is 2.34. The molecule has 0 saturated heterocycles. The van der Waals surface area contributed by atoms with Crippen LogP contribution in [-0.2, 0) is 4.79 Å². The molecule has 1 atom stereocenters. The lowest BCUT2D eigenvalue weighted by atomic mass is 10.2. The van der Waals surface area contributed by atoms with Crippen molar-refractivity contribution in [2.24, 2.45) is 0 Å². The largest absolute Gasteiger partial charge is 0.481 e. The van der Waals surface area contributed by atoms with Crippen LogP contribution in [0.1, 0.15) is 18.9 Å². The molecule has 1 amide bonds. The molecule has 108 valence electrons. The van der Waals surface area contributed by atoms with E-state index in [0.29, 0.717) is 6.54 Å². The molecular formula is C14H23ClN2O2. The van der Waals surface area contributed by atoms with Crippen LogP contribution in [0.15, 0.2) is 24.3 Å². The van der Waals surface area contributed by atoms with E-state index in [1.807, 2.05) is 38.2 Å². The van der Waals surface area contributed by atoms with Crippen molar-refractivity contribution in [3.63, 3.8) is 0 Å². The van der Waals surface area contributed by atoms with Gasteiger partial charge in [0.1, 0.15) is 5.75 Å². The van der Waals surface area contributed by atoms with Crippen LogP contribution in [0.25, 0.3) is 0 Å². The van der Waals surface area contributed by atoms with Crippen LogP contribution in [0.4, 0.5) is 0 Å². The summed E-state index contributed by atoms with van der Waals surface area (Å²) in [7, 11) is 1.89. The summed E-state index contributed by atoms with van der Waals surface area (Å²) in [5.74, 6) is 0.653. The lowest BCUT2D eigenvalue weighted by Crippen LogP contribution is -2.37. The molecule has 0 aliphatic heterocycles. The second-order valence-corrected chi connectivity index (χ2v) is 4.32. The fourth-order valence-electron chi connectivity index (χ4n) is 1.57. The van der Waals surface area contributed by atoms with Crippen LogP contribution in [-0.4, -0.2) is 32.1 Å². The molecule has 0 fully saturated rings. The van der Waals surface area contributed by atoms with E-state index in [1.54, 1.807) is 6.92 Å². The third-order valence-corrected chi connectivity index (χ3v) is 2.57. The van der Waals surface area contributed by atoms with Gasteiger partial charge >= 0.3 is 0 Å². The molecule has 1 unspecified atom stereocenters. The first-order valence-electron chi connectivity index (χ1n) is 6.29. The summed E-state index contributed by atoms with van der Waals surface area (Å²) in [6.07, 6.45) is 0.445. The number of halogens is 1. The molecule has 2 N–H and O–H groups in total. The van der Waals surface area contributed by atoms with Crippen LogP contribution in [0.3, 0.4) is 0 Å². The van der Waals surface area contributed by atoms with E-state index >= 15 is 0 Å². The SMILES string of the molecule is CNCCCNC(=O)C(C)Oc1cccc(C)c1.Cl. The summed E-state index contributed by atoms with van der Waals surface area (Å²) in [6.45, 7) is 5.32. The molecule has 0 aliphatic rings. The molecule has 0 aliphatic carbocycles. The lowest BCUT2D eigenvalue weighted by Gasteiger charge is -2.15. The highest BCUT2D eigenvalue weighted by atomic mass is 35.5. The van der Waals surface area contributed by atoms with Crippen molar-refractivity contribution < 1.29 is 9.53 Å². The van der Waals surface area contributed by atoms with Crippen LogP contribution in [0.2, 0.25) is 0 Å². The summed E-state index contributed by atoms with van der Waals surface area (Å²) in [5.41, 5.74) is 1.12. The van der Waals surface area contributed by atoms with Crippen LogP contribution < -0.4 is 15.4 Å². The van der Waals surface area contributed by atoms with Crippen molar-refractivity contribution in [1.29, 1.82) is 0 Å². The Morgan fingerprint density at radius 2 is 2.11 bits per heavy atom. The van der Waals surface area contributed by atoms with Gasteiger partial charge in [-0.25, -0.2) is 0 Å². The van der Waals surface area contributed by atoms with Crippen LogP contribution in [0, 0.1) is 6.92 Å². The summed E-state index contributed by atoms with van der Waals surface area (Å²) >= 11 is 0. The average molecular weight is 287 g/mol. The van der Waals surface area contributed by atoms with Gasteiger partial charge in [-0.2, -0.15) is 0 Å². The molecule has 0 spiro atoms. The molecule has 0 bridgehead atoms. The lowest BCUT2D eigenvalue weighted by molar-refractivity contribution is -0.127. The highest BCUT2D eigenvalue weighted by Crippen LogP contribution is 2.14. The Kier molecular flexibility index (Phi) is 9.00. The monoisotopic (exact) mass is 286 g/mol. The number of nitrogens with one attached hydrogen (secondary N) is 2. The Labute approximate surface area is 121 Å². The van der Waals surface area contributed by atoms with E-state index in [9.17, 15) is 4.79 Å². The van der Waals surface area contributed by atoms with E-state index in [0.717, 1.165) is 24.3 Å². The molecule has 4 nitrogen and oxygen atoms in total. The van der Waals surface area contributed by atoms with Gasteiger partial charge in [-0.1, -0.05) is 12.1 Å². The molecule has 0 aromatic heterocycles. The molecule has 1 rings (SSSR count). The number of hydrogen-bond acceptors (Lipinski definition) is 3. The van der Waals surface area contributed by atoms with Gasteiger partial charge < -0.3 is 15.4 Å². The first kappa shape index (κ1) is 17.7. The van der Waals surface area contributed by atoms with Gasteiger partial charge in [-0.15, -0.1) is 12.4 Å². The third kappa shape index (κ3) is 7.03. The van der Waals surface area contributed by atoms with Gasteiger partial charge in [0, 0.05) is 6.54 Å². The van der Waals surface area contributed by atoms with Gasteiger partial charge in [-0.3, -0.25) is 4.79 Å². The Bertz CT molecular complexity index is 385. The summed E-state index contributed by atoms with van der Waals surface area (Å²) in [5, 5.41) is 5.88. The maximum Gasteiger partial charge on any atom is 0.260 e. The van der Waals surface area contributed by atoms with E-state index in [1.165, 1.54) is 0 Å². The fraction of sp³-hybridized carbons (Fsp3) is 0.500. The maximum atomic E-state index is 11.7. The smallest absolute Gasteiger partial charge is 0.260 e. The van der Waals surface area contributed by atoms with Crippen molar-refractivity contribution in [2.75, 3.05) is 20.1 Å². The second-order valence-electron chi connectivity index (χ2n) is 4.32. The fourth-order valence-corrected chi connectivity index (χ4v) is 1.57. The summed E-state index contributed by atoms with van der Waals surface area (Å²) < 4.78 is 5.59. The van der Waals surface area contributed by atoms with E-state index in [2.05, 4.69) is 10.6 Å². The summed E-state index contributed by atoms with van der Waals surface area (Å²) in [6, 6.07) is 7.69. The molecule has 0 radical (unpaired) electrons. The van der Waals surface area contributed by atoms with Gasteiger partial charge in [0.2, 0.25) is 0 Å². The molecule has 0 saturated carbocycles. The van der Waals surface area contributed by atoms with E-state index in [-0.39, 0.29) is 18.3 Å². The number of rotatable bonds is 7. The zero-order valence-corrected chi connectivity index (χ0v) is 12.5. The number of amides is 1. The molecule has 19 heavy (non-hydrogen) atoms. The minimum atomic E-state index is -0.471. The molecule has 5 heteroatoms. The zero-order valence-electron chi connectivity index (χ0n) is 11.7.